The predicted octanol–water partition coefficient (Wildman–Crippen LogP) is 4.64. The van der Waals surface area contributed by atoms with Gasteiger partial charge in [-0.2, -0.15) is 0 Å². The smallest absolute Gasteiger partial charge is 0.270 e. The number of nitrogens with one attached hydrogen (secondary N) is 1. The Kier molecular flexibility index (Phi) is 5.03. The number of hydrogen-bond donors (Lipinski definition) is 1. The average molecular weight is 420 g/mol. The third kappa shape index (κ3) is 3.45. The van der Waals surface area contributed by atoms with Crippen LogP contribution in [0.15, 0.2) is 47.1 Å². The van der Waals surface area contributed by atoms with E-state index in [1.807, 2.05) is 0 Å². The number of nitro groups is 1. The second-order valence-corrected chi connectivity index (χ2v) is 6.66. The number of aromatic nitrogens is 1. The van der Waals surface area contributed by atoms with Gasteiger partial charge in [-0.3, -0.25) is 14.9 Å². The van der Waals surface area contributed by atoms with Gasteiger partial charge in [0, 0.05) is 52.4 Å². The van der Waals surface area contributed by atoms with E-state index in [0.29, 0.717) is 28.6 Å². The van der Waals surface area contributed by atoms with E-state index in [0.717, 1.165) is 4.47 Å². The van der Waals surface area contributed by atoms with Crippen LogP contribution in [0.4, 0.5) is 10.1 Å². The van der Waals surface area contributed by atoms with Gasteiger partial charge in [-0.25, -0.2) is 4.39 Å². The van der Waals surface area contributed by atoms with Gasteiger partial charge in [-0.15, -0.1) is 0 Å². The third-order valence-corrected chi connectivity index (χ3v) is 4.64. The molecule has 1 heterocycles. The Hall–Kier alpha value is -2.74. The number of non-ortho nitro benzene ring substituents is 1. The van der Waals surface area contributed by atoms with Gasteiger partial charge in [0.25, 0.3) is 11.6 Å². The predicted molar refractivity (Wildman–Crippen MR) is 99.5 cm³/mol. The van der Waals surface area contributed by atoms with Crippen molar-refractivity contribution in [3.05, 3.63) is 74.1 Å². The summed E-state index contributed by atoms with van der Waals surface area (Å²) in [4.78, 5) is 27.9. The van der Waals surface area contributed by atoms with Crippen LogP contribution in [-0.2, 0) is 6.54 Å². The number of halogens is 2. The number of H-pyrrole nitrogens is 1. The molecule has 6 nitrogen and oxygen atoms in total. The molecule has 1 amide bonds. The van der Waals surface area contributed by atoms with Gasteiger partial charge in [0.2, 0.25) is 0 Å². The molecule has 2 aromatic carbocycles. The summed E-state index contributed by atoms with van der Waals surface area (Å²) < 4.78 is 14.7. The van der Waals surface area contributed by atoms with Crippen molar-refractivity contribution in [2.75, 3.05) is 6.54 Å². The first-order valence-electron chi connectivity index (χ1n) is 7.89. The minimum atomic E-state index is -0.505. The monoisotopic (exact) mass is 419 g/mol. The number of nitrogens with zero attached hydrogens (tertiary/aromatic N) is 2. The van der Waals surface area contributed by atoms with Crippen LogP contribution in [0.5, 0.6) is 0 Å². The average Bonchev–Trinajstić information content (AvgIpc) is 3.04. The summed E-state index contributed by atoms with van der Waals surface area (Å²) in [5, 5.41) is 11.5. The third-order valence-electron chi connectivity index (χ3n) is 4.14. The molecule has 0 saturated carbocycles. The Morgan fingerprint density at radius 1 is 1.31 bits per heavy atom. The van der Waals surface area contributed by atoms with Crippen molar-refractivity contribution in [2.24, 2.45) is 0 Å². The van der Waals surface area contributed by atoms with Crippen molar-refractivity contribution >= 4 is 38.4 Å². The molecule has 0 bridgehead atoms. The quantitative estimate of drug-likeness (QED) is 0.483. The zero-order chi connectivity index (χ0) is 18.8. The number of rotatable bonds is 5. The maximum absolute atomic E-state index is 14.0. The lowest BCUT2D eigenvalue weighted by atomic mass is 10.1. The van der Waals surface area contributed by atoms with Gasteiger partial charge in [0.1, 0.15) is 5.82 Å². The lowest BCUT2D eigenvalue weighted by Gasteiger charge is -2.21. The van der Waals surface area contributed by atoms with Crippen LogP contribution < -0.4 is 0 Å². The Bertz CT molecular complexity index is 1000. The van der Waals surface area contributed by atoms with Crippen LogP contribution in [0.1, 0.15) is 22.8 Å². The molecule has 0 radical (unpaired) electrons. The topological polar surface area (TPSA) is 79.2 Å². The van der Waals surface area contributed by atoms with Crippen LogP contribution in [0.3, 0.4) is 0 Å². The van der Waals surface area contributed by atoms with E-state index in [1.165, 1.54) is 29.3 Å². The summed E-state index contributed by atoms with van der Waals surface area (Å²) in [6, 6.07) is 8.87. The Morgan fingerprint density at radius 2 is 2.08 bits per heavy atom. The number of carbonyl (C=O) groups is 1. The number of aromatic amines is 1. The maximum atomic E-state index is 14.0. The SMILES string of the molecule is CCN(Cc1cc(Br)ccc1F)C(=O)c1c[nH]c2ccc([N+](=O)[O-])cc12. The molecule has 0 aliphatic rings. The summed E-state index contributed by atoms with van der Waals surface area (Å²) >= 11 is 3.30. The molecule has 0 spiro atoms. The van der Waals surface area contributed by atoms with Crippen molar-refractivity contribution in [3.8, 4) is 0 Å². The van der Waals surface area contributed by atoms with Crippen molar-refractivity contribution in [2.45, 2.75) is 13.5 Å². The van der Waals surface area contributed by atoms with E-state index in [-0.39, 0.29) is 18.1 Å². The number of carbonyl (C=O) groups excluding carboxylic acids is 1. The highest BCUT2D eigenvalue weighted by molar-refractivity contribution is 9.10. The Balaban J connectivity index is 1.96. The molecule has 8 heteroatoms. The summed E-state index contributed by atoms with van der Waals surface area (Å²) in [6.45, 7) is 2.26. The van der Waals surface area contributed by atoms with Gasteiger partial charge in [-0.1, -0.05) is 15.9 Å². The van der Waals surface area contributed by atoms with E-state index in [9.17, 15) is 19.3 Å². The lowest BCUT2D eigenvalue weighted by molar-refractivity contribution is -0.384. The molecule has 3 aromatic rings. The highest BCUT2D eigenvalue weighted by atomic mass is 79.9. The van der Waals surface area contributed by atoms with Crippen LogP contribution in [0.2, 0.25) is 0 Å². The minimum absolute atomic E-state index is 0.0905. The van der Waals surface area contributed by atoms with Crippen LogP contribution in [0, 0.1) is 15.9 Å². The van der Waals surface area contributed by atoms with E-state index < -0.39 is 10.7 Å². The van der Waals surface area contributed by atoms with Crippen molar-refractivity contribution in [1.82, 2.24) is 9.88 Å². The molecule has 1 aromatic heterocycles. The first-order valence-corrected chi connectivity index (χ1v) is 8.68. The summed E-state index contributed by atoms with van der Waals surface area (Å²) in [7, 11) is 0. The zero-order valence-electron chi connectivity index (χ0n) is 13.8. The van der Waals surface area contributed by atoms with Gasteiger partial charge in [0.05, 0.1) is 10.5 Å². The Morgan fingerprint density at radius 3 is 2.77 bits per heavy atom. The molecule has 0 aliphatic heterocycles. The summed E-state index contributed by atoms with van der Waals surface area (Å²) in [6.07, 6.45) is 1.52. The van der Waals surface area contributed by atoms with Crippen LogP contribution in [0.25, 0.3) is 10.9 Å². The van der Waals surface area contributed by atoms with Gasteiger partial charge in [0.15, 0.2) is 0 Å². The van der Waals surface area contributed by atoms with Gasteiger partial charge >= 0.3 is 0 Å². The van der Waals surface area contributed by atoms with E-state index >= 15 is 0 Å². The fourth-order valence-electron chi connectivity index (χ4n) is 2.77. The van der Waals surface area contributed by atoms with Gasteiger partial charge < -0.3 is 9.88 Å². The molecule has 1 N–H and O–H groups in total. The molecular weight excluding hydrogens is 405 g/mol. The molecule has 0 atom stereocenters. The molecule has 0 aliphatic carbocycles. The van der Waals surface area contributed by atoms with Crippen LogP contribution in [-0.4, -0.2) is 27.3 Å². The van der Waals surface area contributed by atoms with Crippen LogP contribution >= 0.6 is 15.9 Å². The van der Waals surface area contributed by atoms with Gasteiger partial charge in [-0.05, 0) is 31.2 Å². The molecule has 26 heavy (non-hydrogen) atoms. The minimum Gasteiger partial charge on any atom is -0.360 e. The molecule has 0 fully saturated rings. The first-order chi connectivity index (χ1) is 12.4. The molecule has 3 rings (SSSR count). The fraction of sp³-hybridized carbons (Fsp3) is 0.167. The zero-order valence-corrected chi connectivity index (χ0v) is 15.4. The molecule has 0 saturated heterocycles. The lowest BCUT2D eigenvalue weighted by Crippen LogP contribution is -2.30. The van der Waals surface area contributed by atoms with Crippen molar-refractivity contribution in [3.63, 3.8) is 0 Å². The highest BCUT2D eigenvalue weighted by Crippen LogP contribution is 2.25. The number of amides is 1. The van der Waals surface area contributed by atoms with Crippen molar-refractivity contribution in [1.29, 1.82) is 0 Å². The maximum Gasteiger partial charge on any atom is 0.270 e. The highest BCUT2D eigenvalue weighted by Gasteiger charge is 2.21. The second-order valence-electron chi connectivity index (χ2n) is 5.74. The van der Waals surface area contributed by atoms with E-state index in [4.69, 9.17) is 0 Å². The number of fused-ring (bicyclic) bond motifs is 1. The van der Waals surface area contributed by atoms with E-state index in [2.05, 4.69) is 20.9 Å². The number of benzene rings is 2. The van der Waals surface area contributed by atoms with Crippen molar-refractivity contribution < 1.29 is 14.1 Å². The number of hydrogen-bond acceptors (Lipinski definition) is 3. The second kappa shape index (κ2) is 7.25. The first kappa shape index (κ1) is 18.1. The number of nitro benzene ring substituents is 1. The van der Waals surface area contributed by atoms with E-state index in [1.54, 1.807) is 25.1 Å². The fourth-order valence-corrected chi connectivity index (χ4v) is 3.18. The standard InChI is InChI=1S/C18H15BrFN3O3/c1-2-22(10-11-7-12(19)3-5-16(11)20)18(24)15-9-21-17-6-4-13(23(25)26)8-14(15)17/h3-9,21H,2,10H2,1H3. The normalized spacial score (nSPS) is 10.9. The molecule has 134 valence electrons. The largest absolute Gasteiger partial charge is 0.360 e. The molecular formula is C18H15BrFN3O3. The molecule has 0 unspecified atom stereocenters. The summed E-state index contributed by atoms with van der Waals surface area (Å²) in [5.41, 5.74) is 1.25. The summed E-state index contributed by atoms with van der Waals surface area (Å²) in [5.74, 6) is -0.715. The Labute approximate surface area is 156 Å².